The Hall–Kier alpha value is -0.900. The molecule has 1 atom stereocenters. The Kier molecular flexibility index (Phi) is 3.37. The number of nitrogens with one attached hydrogen (secondary N) is 1. The van der Waals surface area contributed by atoms with E-state index in [0.717, 1.165) is 17.3 Å². The Bertz CT molecular complexity index is 565. The van der Waals surface area contributed by atoms with Gasteiger partial charge < -0.3 is 5.32 Å². The second-order valence-electron chi connectivity index (χ2n) is 4.70. The van der Waals surface area contributed by atoms with E-state index in [1.165, 1.54) is 28.0 Å². The van der Waals surface area contributed by atoms with Crippen molar-refractivity contribution in [1.29, 1.82) is 0 Å². The molecular weight excluding hydrogens is 264 g/mol. The molecule has 0 bridgehead atoms. The number of nitrogens with zero attached hydrogens (tertiary/aromatic N) is 1. The zero-order chi connectivity index (χ0) is 12.5. The molecule has 1 aliphatic rings. The van der Waals surface area contributed by atoms with Crippen LogP contribution in [-0.4, -0.2) is 4.98 Å². The highest BCUT2D eigenvalue weighted by atomic mass is 35.5. The molecule has 94 valence electrons. The average molecular weight is 279 g/mol. The summed E-state index contributed by atoms with van der Waals surface area (Å²) in [5.41, 5.74) is 3.96. The summed E-state index contributed by atoms with van der Waals surface area (Å²) in [5.74, 6) is 0. The fourth-order valence-electron chi connectivity index (χ4n) is 2.46. The first-order valence-corrected chi connectivity index (χ1v) is 7.34. The molecule has 1 N–H and O–H groups in total. The summed E-state index contributed by atoms with van der Waals surface area (Å²) in [6.07, 6.45) is 6.11. The van der Waals surface area contributed by atoms with E-state index in [9.17, 15) is 0 Å². The molecule has 2 aromatic rings. The van der Waals surface area contributed by atoms with Gasteiger partial charge in [0.1, 0.15) is 0 Å². The maximum atomic E-state index is 6.07. The largest absolute Gasteiger partial charge is 0.306 e. The number of aryl methyl sites for hydroxylation is 2. The molecule has 1 unspecified atom stereocenters. The summed E-state index contributed by atoms with van der Waals surface area (Å²) in [6.45, 7) is 3.00. The van der Waals surface area contributed by atoms with E-state index >= 15 is 0 Å². The van der Waals surface area contributed by atoms with Crippen LogP contribution in [0.2, 0.25) is 4.34 Å². The van der Waals surface area contributed by atoms with E-state index < -0.39 is 0 Å². The minimum absolute atomic E-state index is 0.448. The monoisotopic (exact) mass is 278 g/mol. The van der Waals surface area contributed by atoms with Crippen molar-refractivity contribution in [1.82, 2.24) is 10.3 Å². The van der Waals surface area contributed by atoms with Gasteiger partial charge in [0.25, 0.3) is 0 Å². The number of pyridine rings is 1. The second-order valence-corrected chi connectivity index (χ2v) is 6.47. The van der Waals surface area contributed by atoms with Gasteiger partial charge in [0.05, 0.1) is 4.34 Å². The first kappa shape index (κ1) is 12.2. The highest BCUT2D eigenvalue weighted by Gasteiger charge is 2.24. The predicted octanol–water partition coefficient (Wildman–Crippen LogP) is 3.88. The van der Waals surface area contributed by atoms with Crippen LogP contribution < -0.4 is 5.32 Å². The summed E-state index contributed by atoms with van der Waals surface area (Å²) in [6, 6.07) is 4.62. The topological polar surface area (TPSA) is 24.9 Å². The maximum absolute atomic E-state index is 6.07. The third-order valence-electron chi connectivity index (χ3n) is 3.53. The molecule has 0 saturated heterocycles. The summed E-state index contributed by atoms with van der Waals surface area (Å²) >= 11 is 7.79. The van der Waals surface area contributed by atoms with E-state index in [2.05, 4.69) is 29.4 Å². The van der Waals surface area contributed by atoms with Crippen LogP contribution in [0.4, 0.5) is 0 Å². The summed E-state index contributed by atoms with van der Waals surface area (Å²) < 4.78 is 0.907. The Balaban J connectivity index is 1.70. The van der Waals surface area contributed by atoms with E-state index in [1.54, 1.807) is 11.3 Å². The predicted molar refractivity (Wildman–Crippen MR) is 76.2 cm³/mol. The van der Waals surface area contributed by atoms with Crippen LogP contribution in [0.25, 0.3) is 0 Å². The lowest BCUT2D eigenvalue weighted by atomic mass is 10.1. The molecule has 0 spiro atoms. The van der Waals surface area contributed by atoms with Crippen molar-refractivity contribution in [3.63, 3.8) is 0 Å². The van der Waals surface area contributed by atoms with Crippen LogP contribution in [-0.2, 0) is 13.0 Å². The maximum Gasteiger partial charge on any atom is 0.0934 e. The molecule has 1 aliphatic carbocycles. The van der Waals surface area contributed by atoms with Gasteiger partial charge in [-0.15, -0.1) is 11.3 Å². The lowest BCUT2D eigenvalue weighted by Crippen LogP contribution is -2.19. The van der Waals surface area contributed by atoms with Gasteiger partial charge in [-0.1, -0.05) is 11.6 Å². The standard InChI is InChI=1S/C14H15ClN2S/c1-9-4-5-16-7-10(9)8-17-12-2-3-13-11(12)6-14(15)18-13/h4-7,12,17H,2-3,8H2,1H3. The van der Waals surface area contributed by atoms with Crippen molar-refractivity contribution in [3.8, 4) is 0 Å². The van der Waals surface area contributed by atoms with Crippen molar-refractivity contribution in [3.05, 3.63) is 50.4 Å². The molecule has 0 aromatic carbocycles. The van der Waals surface area contributed by atoms with Gasteiger partial charge in [0, 0.05) is 29.9 Å². The fourth-order valence-corrected chi connectivity index (χ4v) is 3.81. The van der Waals surface area contributed by atoms with Gasteiger partial charge in [-0.2, -0.15) is 0 Å². The van der Waals surface area contributed by atoms with Crippen LogP contribution in [0.1, 0.15) is 34.0 Å². The first-order valence-electron chi connectivity index (χ1n) is 6.15. The molecule has 4 heteroatoms. The SMILES string of the molecule is Cc1ccncc1CNC1CCc2sc(Cl)cc21. The molecule has 3 rings (SSSR count). The number of fused-ring (bicyclic) bond motifs is 1. The van der Waals surface area contributed by atoms with Crippen molar-refractivity contribution in [2.75, 3.05) is 0 Å². The average Bonchev–Trinajstić information content (AvgIpc) is 2.88. The van der Waals surface area contributed by atoms with Crippen molar-refractivity contribution in [2.45, 2.75) is 32.4 Å². The van der Waals surface area contributed by atoms with E-state index in [4.69, 9.17) is 11.6 Å². The number of hydrogen-bond donors (Lipinski definition) is 1. The number of rotatable bonds is 3. The van der Waals surface area contributed by atoms with Gasteiger partial charge in [0.2, 0.25) is 0 Å². The molecule has 18 heavy (non-hydrogen) atoms. The molecule has 0 aliphatic heterocycles. The molecule has 0 amide bonds. The molecule has 2 aromatic heterocycles. The van der Waals surface area contributed by atoms with Gasteiger partial charge in [-0.25, -0.2) is 0 Å². The fraction of sp³-hybridized carbons (Fsp3) is 0.357. The van der Waals surface area contributed by atoms with Gasteiger partial charge >= 0.3 is 0 Å². The first-order chi connectivity index (χ1) is 8.74. The number of hydrogen-bond acceptors (Lipinski definition) is 3. The summed E-state index contributed by atoms with van der Waals surface area (Å²) in [4.78, 5) is 5.62. The van der Waals surface area contributed by atoms with E-state index in [0.29, 0.717) is 6.04 Å². The number of halogens is 1. The van der Waals surface area contributed by atoms with Gasteiger partial charge in [-0.05, 0) is 48.6 Å². The van der Waals surface area contributed by atoms with Crippen molar-refractivity contribution >= 4 is 22.9 Å². The second kappa shape index (κ2) is 5.00. The smallest absolute Gasteiger partial charge is 0.0934 e. The van der Waals surface area contributed by atoms with Crippen LogP contribution in [0.5, 0.6) is 0 Å². The van der Waals surface area contributed by atoms with E-state index in [-0.39, 0.29) is 0 Å². The van der Waals surface area contributed by atoms with Crippen LogP contribution in [0.3, 0.4) is 0 Å². The molecule has 0 fully saturated rings. The zero-order valence-electron chi connectivity index (χ0n) is 10.2. The third-order valence-corrected chi connectivity index (χ3v) is 4.87. The molecular formula is C14H15ClN2S. The lowest BCUT2D eigenvalue weighted by molar-refractivity contribution is 0.529. The third kappa shape index (κ3) is 2.30. The van der Waals surface area contributed by atoms with Crippen molar-refractivity contribution < 1.29 is 0 Å². The molecule has 2 heterocycles. The Morgan fingerprint density at radius 2 is 2.44 bits per heavy atom. The zero-order valence-corrected chi connectivity index (χ0v) is 11.8. The Morgan fingerprint density at radius 3 is 3.28 bits per heavy atom. The van der Waals surface area contributed by atoms with Crippen LogP contribution >= 0.6 is 22.9 Å². The quantitative estimate of drug-likeness (QED) is 0.922. The Labute approximate surface area is 116 Å². The van der Waals surface area contributed by atoms with Crippen LogP contribution in [0, 0.1) is 6.92 Å². The van der Waals surface area contributed by atoms with E-state index in [1.807, 2.05) is 12.4 Å². The van der Waals surface area contributed by atoms with Crippen LogP contribution in [0.15, 0.2) is 24.5 Å². The minimum atomic E-state index is 0.448. The molecule has 0 saturated carbocycles. The Morgan fingerprint density at radius 1 is 1.56 bits per heavy atom. The normalized spacial score (nSPS) is 18.0. The van der Waals surface area contributed by atoms with Gasteiger partial charge in [0.15, 0.2) is 0 Å². The van der Waals surface area contributed by atoms with Gasteiger partial charge in [-0.3, -0.25) is 4.98 Å². The number of aromatic nitrogens is 1. The van der Waals surface area contributed by atoms with Crippen molar-refractivity contribution in [2.24, 2.45) is 0 Å². The highest BCUT2D eigenvalue weighted by molar-refractivity contribution is 7.16. The summed E-state index contributed by atoms with van der Waals surface area (Å²) in [5, 5.41) is 3.62. The molecule has 2 nitrogen and oxygen atoms in total. The summed E-state index contributed by atoms with van der Waals surface area (Å²) in [7, 11) is 0. The number of thiophene rings is 1. The molecule has 0 radical (unpaired) electrons. The minimum Gasteiger partial charge on any atom is -0.306 e. The highest BCUT2D eigenvalue weighted by Crippen LogP contribution is 2.39. The lowest BCUT2D eigenvalue weighted by Gasteiger charge is -2.13.